The number of para-hydroxylation sites is 1. The Labute approximate surface area is 202 Å². The van der Waals surface area contributed by atoms with Crippen LogP contribution in [0.4, 0.5) is 5.69 Å². The van der Waals surface area contributed by atoms with Gasteiger partial charge in [0.25, 0.3) is 5.56 Å². The van der Waals surface area contributed by atoms with Gasteiger partial charge in [0.1, 0.15) is 5.02 Å². The van der Waals surface area contributed by atoms with Gasteiger partial charge in [-0.3, -0.25) is 9.69 Å². The molecule has 9 heteroatoms. The van der Waals surface area contributed by atoms with E-state index >= 15 is 0 Å². The molecule has 8 nitrogen and oxygen atoms in total. The molecule has 0 radical (unpaired) electrons. The molecule has 0 N–H and O–H groups in total. The van der Waals surface area contributed by atoms with Gasteiger partial charge in [-0.1, -0.05) is 47.5 Å². The van der Waals surface area contributed by atoms with Gasteiger partial charge < -0.3 is 9.32 Å². The van der Waals surface area contributed by atoms with Crippen LogP contribution in [0.1, 0.15) is 24.4 Å². The van der Waals surface area contributed by atoms with Gasteiger partial charge in [-0.25, -0.2) is 0 Å². The smallest absolute Gasteiger partial charge is 0.292 e. The van der Waals surface area contributed by atoms with Crippen molar-refractivity contribution in [1.29, 1.82) is 0 Å². The minimum atomic E-state index is -0.323. The summed E-state index contributed by atoms with van der Waals surface area (Å²) in [7, 11) is 0. The van der Waals surface area contributed by atoms with Gasteiger partial charge in [0.2, 0.25) is 11.8 Å². The van der Waals surface area contributed by atoms with E-state index in [1.165, 1.54) is 10.2 Å². The Morgan fingerprint density at radius 2 is 1.68 bits per heavy atom. The van der Waals surface area contributed by atoms with Gasteiger partial charge in [0, 0.05) is 31.7 Å². The molecule has 0 saturated carbocycles. The molecule has 1 saturated heterocycles. The third-order valence-electron chi connectivity index (χ3n) is 6.20. The van der Waals surface area contributed by atoms with Crippen molar-refractivity contribution < 1.29 is 4.42 Å². The summed E-state index contributed by atoms with van der Waals surface area (Å²) in [5.74, 6) is 1.12. The number of aryl methyl sites for hydroxylation is 1. The summed E-state index contributed by atoms with van der Waals surface area (Å²) in [5.41, 5.74) is 3.11. The lowest BCUT2D eigenvalue weighted by molar-refractivity contribution is 0.173. The Kier molecular flexibility index (Phi) is 6.17. The number of hydrogen-bond acceptors (Lipinski definition) is 7. The predicted molar refractivity (Wildman–Crippen MR) is 132 cm³/mol. The Morgan fingerprint density at radius 3 is 2.38 bits per heavy atom. The SMILES string of the molecule is Cc1ccc(-c2nnc([C@@H](C)N3CCN(c4cnn(-c5ccccc5)c(=O)c4Cl)CC3)o2)cc1. The average Bonchev–Trinajstić information content (AvgIpc) is 3.37. The number of benzene rings is 2. The van der Waals surface area contributed by atoms with E-state index in [0.717, 1.165) is 18.7 Å². The van der Waals surface area contributed by atoms with E-state index in [1.54, 1.807) is 6.20 Å². The van der Waals surface area contributed by atoms with Crippen LogP contribution in [0, 0.1) is 6.92 Å². The van der Waals surface area contributed by atoms with Crippen LogP contribution in [0.15, 0.2) is 70.0 Å². The second kappa shape index (κ2) is 9.40. The highest BCUT2D eigenvalue weighted by Crippen LogP contribution is 2.28. The predicted octanol–water partition coefficient (Wildman–Crippen LogP) is 4.13. The molecule has 5 rings (SSSR count). The van der Waals surface area contributed by atoms with Gasteiger partial charge in [-0.05, 0) is 38.1 Å². The van der Waals surface area contributed by atoms with Crippen molar-refractivity contribution in [3.05, 3.63) is 87.6 Å². The number of rotatable bonds is 5. The van der Waals surface area contributed by atoms with E-state index in [1.807, 2.05) is 61.5 Å². The van der Waals surface area contributed by atoms with Crippen molar-refractivity contribution in [1.82, 2.24) is 24.9 Å². The van der Waals surface area contributed by atoms with Gasteiger partial charge in [-0.2, -0.15) is 9.78 Å². The molecule has 0 bridgehead atoms. The zero-order chi connectivity index (χ0) is 23.7. The molecule has 0 aliphatic carbocycles. The van der Waals surface area contributed by atoms with Crippen LogP contribution in [0.2, 0.25) is 5.02 Å². The quantitative estimate of drug-likeness (QED) is 0.428. The van der Waals surface area contributed by atoms with Crippen molar-refractivity contribution in [2.24, 2.45) is 0 Å². The molecule has 34 heavy (non-hydrogen) atoms. The number of aromatic nitrogens is 4. The summed E-state index contributed by atoms with van der Waals surface area (Å²) in [5, 5.41) is 13.1. The summed E-state index contributed by atoms with van der Waals surface area (Å²) in [4.78, 5) is 17.2. The van der Waals surface area contributed by atoms with Crippen molar-refractivity contribution >= 4 is 17.3 Å². The lowest BCUT2D eigenvalue weighted by Crippen LogP contribution is -2.47. The minimum absolute atomic E-state index is 0.0199. The Bertz CT molecular complexity index is 1330. The van der Waals surface area contributed by atoms with Gasteiger partial charge >= 0.3 is 0 Å². The maximum absolute atomic E-state index is 12.8. The van der Waals surface area contributed by atoms with E-state index in [4.69, 9.17) is 16.0 Å². The Morgan fingerprint density at radius 1 is 0.971 bits per heavy atom. The van der Waals surface area contributed by atoms with Gasteiger partial charge in [0.15, 0.2) is 0 Å². The maximum atomic E-state index is 12.8. The normalized spacial score (nSPS) is 15.4. The fourth-order valence-corrected chi connectivity index (χ4v) is 4.37. The summed E-state index contributed by atoms with van der Waals surface area (Å²) in [6.45, 7) is 7.06. The molecule has 0 unspecified atom stereocenters. The number of hydrogen-bond donors (Lipinski definition) is 0. The van der Waals surface area contributed by atoms with Crippen molar-refractivity contribution in [3.63, 3.8) is 0 Å². The third kappa shape index (κ3) is 4.34. The molecule has 3 heterocycles. The van der Waals surface area contributed by atoms with Crippen LogP contribution in [-0.2, 0) is 0 Å². The number of nitrogens with zero attached hydrogens (tertiary/aromatic N) is 6. The monoisotopic (exact) mass is 476 g/mol. The molecule has 0 spiro atoms. The third-order valence-corrected chi connectivity index (χ3v) is 6.56. The summed E-state index contributed by atoms with van der Waals surface area (Å²) >= 11 is 6.49. The second-order valence-corrected chi connectivity index (χ2v) is 8.78. The molecule has 1 aliphatic heterocycles. The molecule has 1 atom stereocenters. The summed E-state index contributed by atoms with van der Waals surface area (Å²) < 4.78 is 7.30. The molecule has 174 valence electrons. The lowest BCUT2D eigenvalue weighted by Gasteiger charge is -2.38. The van der Waals surface area contributed by atoms with Crippen molar-refractivity contribution in [2.75, 3.05) is 31.1 Å². The Hall–Kier alpha value is -3.49. The van der Waals surface area contributed by atoms with Crippen LogP contribution in [0.3, 0.4) is 0 Å². The summed E-state index contributed by atoms with van der Waals surface area (Å²) in [6.07, 6.45) is 1.67. The lowest BCUT2D eigenvalue weighted by atomic mass is 10.1. The highest BCUT2D eigenvalue weighted by Gasteiger charge is 2.27. The molecule has 2 aromatic heterocycles. The van der Waals surface area contributed by atoms with Gasteiger partial charge in [0.05, 0.1) is 23.6 Å². The molecule has 1 fully saturated rings. The van der Waals surface area contributed by atoms with E-state index in [2.05, 4.69) is 32.0 Å². The highest BCUT2D eigenvalue weighted by atomic mass is 35.5. The maximum Gasteiger partial charge on any atom is 0.292 e. The van der Waals surface area contributed by atoms with E-state index in [9.17, 15) is 4.79 Å². The number of piperazine rings is 1. The number of halogens is 1. The van der Waals surface area contributed by atoms with Crippen LogP contribution in [-0.4, -0.2) is 51.1 Å². The Balaban J connectivity index is 1.26. The molecule has 2 aromatic carbocycles. The van der Waals surface area contributed by atoms with Crippen LogP contribution in [0.5, 0.6) is 0 Å². The first kappa shape index (κ1) is 22.3. The van der Waals surface area contributed by atoms with Crippen LogP contribution >= 0.6 is 11.6 Å². The van der Waals surface area contributed by atoms with E-state index < -0.39 is 0 Å². The standard InChI is InChI=1S/C25H25ClN6O2/c1-17-8-10-19(11-9-17)24-29-28-23(34-24)18(2)30-12-14-31(15-13-30)21-16-27-32(25(33)22(21)26)20-6-4-3-5-7-20/h3-11,16,18H,12-15H2,1-2H3/t18-/m1/s1. The van der Waals surface area contributed by atoms with E-state index in [-0.39, 0.29) is 16.6 Å². The fourth-order valence-electron chi connectivity index (χ4n) is 4.12. The zero-order valence-electron chi connectivity index (χ0n) is 19.1. The first-order valence-electron chi connectivity index (χ1n) is 11.2. The molecular formula is C25H25ClN6O2. The van der Waals surface area contributed by atoms with Crippen LogP contribution < -0.4 is 10.5 Å². The van der Waals surface area contributed by atoms with Gasteiger partial charge in [-0.15, -0.1) is 10.2 Å². The minimum Gasteiger partial charge on any atom is -0.419 e. The first-order chi connectivity index (χ1) is 16.5. The fraction of sp³-hybridized carbons (Fsp3) is 0.280. The molecule has 4 aromatic rings. The van der Waals surface area contributed by atoms with E-state index in [0.29, 0.717) is 36.2 Å². The summed E-state index contributed by atoms with van der Waals surface area (Å²) in [6, 6.07) is 17.3. The first-order valence-corrected chi connectivity index (χ1v) is 11.6. The highest BCUT2D eigenvalue weighted by molar-refractivity contribution is 6.33. The average molecular weight is 477 g/mol. The molecule has 1 aliphatic rings. The molecular weight excluding hydrogens is 452 g/mol. The van der Waals surface area contributed by atoms with Crippen molar-refractivity contribution in [3.8, 4) is 17.1 Å². The topological polar surface area (TPSA) is 80.3 Å². The van der Waals surface area contributed by atoms with Crippen LogP contribution in [0.25, 0.3) is 17.1 Å². The zero-order valence-corrected chi connectivity index (χ0v) is 19.8. The second-order valence-electron chi connectivity index (χ2n) is 8.41. The largest absolute Gasteiger partial charge is 0.419 e. The van der Waals surface area contributed by atoms with Crippen molar-refractivity contribution in [2.45, 2.75) is 19.9 Å². The molecule has 0 amide bonds. The number of anilines is 1.